The first-order valence-corrected chi connectivity index (χ1v) is 8.52. The summed E-state index contributed by atoms with van der Waals surface area (Å²) in [6.45, 7) is 2.28. The van der Waals surface area contributed by atoms with Gasteiger partial charge in [0.05, 0.1) is 0 Å². The highest BCUT2D eigenvalue weighted by Crippen LogP contribution is 2.40. The summed E-state index contributed by atoms with van der Waals surface area (Å²) >= 11 is 0. The summed E-state index contributed by atoms with van der Waals surface area (Å²) in [5.41, 5.74) is 1.46. The molecule has 0 amide bonds. The molecule has 1 heteroatoms. The third-order valence-electron chi connectivity index (χ3n) is 5.06. The summed E-state index contributed by atoms with van der Waals surface area (Å²) in [5, 5.41) is 0. The van der Waals surface area contributed by atoms with E-state index in [-0.39, 0.29) is 0 Å². The van der Waals surface area contributed by atoms with Gasteiger partial charge < -0.3 is 0 Å². The SMILES string of the molecule is CCCCCCC1CCC[C@H]1CC1=CC(=O)CCC1. The third kappa shape index (κ3) is 4.78. The smallest absolute Gasteiger partial charge is 0.155 e. The van der Waals surface area contributed by atoms with E-state index in [9.17, 15) is 4.79 Å². The topological polar surface area (TPSA) is 17.1 Å². The van der Waals surface area contributed by atoms with Crippen molar-refractivity contribution in [2.24, 2.45) is 11.8 Å². The second-order valence-electron chi connectivity index (χ2n) is 6.63. The number of rotatable bonds is 7. The second kappa shape index (κ2) is 7.87. The first-order valence-electron chi connectivity index (χ1n) is 8.52. The summed E-state index contributed by atoms with van der Waals surface area (Å²) in [4.78, 5) is 11.5. The Morgan fingerprint density at radius 1 is 1.05 bits per heavy atom. The molecule has 1 unspecified atom stereocenters. The molecule has 0 spiro atoms. The van der Waals surface area contributed by atoms with Crippen molar-refractivity contribution in [2.45, 2.75) is 84.0 Å². The Hall–Kier alpha value is -0.590. The lowest BCUT2D eigenvalue weighted by atomic mass is 9.83. The Balaban J connectivity index is 1.76. The largest absolute Gasteiger partial charge is 0.295 e. The normalized spacial score (nSPS) is 27.6. The molecule has 2 aliphatic carbocycles. The summed E-state index contributed by atoms with van der Waals surface area (Å²) in [5.74, 6) is 2.22. The van der Waals surface area contributed by atoms with Crippen molar-refractivity contribution in [1.82, 2.24) is 0 Å². The molecule has 1 fully saturated rings. The van der Waals surface area contributed by atoms with E-state index in [1.807, 2.05) is 6.08 Å². The standard InChI is InChI=1S/C18H30O/c1-2-3-4-5-9-16-10-7-11-17(16)13-15-8-6-12-18(19)14-15/h14,16-17H,2-13H2,1H3/t16?,17-/m0/s1. The fraction of sp³-hybridized carbons (Fsp3) is 0.833. The van der Waals surface area contributed by atoms with Crippen molar-refractivity contribution in [3.63, 3.8) is 0 Å². The lowest BCUT2D eigenvalue weighted by Gasteiger charge is -2.22. The molecule has 0 bridgehead atoms. The maximum Gasteiger partial charge on any atom is 0.155 e. The van der Waals surface area contributed by atoms with E-state index < -0.39 is 0 Å². The van der Waals surface area contributed by atoms with Crippen molar-refractivity contribution in [2.75, 3.05) is 0 Å². The maximum absolute atomic E-state index is 11.5. The highest BCUT2D eigenvalue weighted by atomic mass is 16.1. The van der Waals surface area contributed by atoms with Crippen LogP contribution in [0.2, 0.25) is 0 Å². The molecule has 108 valence electrons. The molecule has 0 aromatic heterocycles. The molecular weight excluding hydrogens is 232 g/mol. The average Bonchev–Trinajstić information content (AvgIpc) is 2.82. The molecule has 2 aliphatic rings. The molecule has 2 atom stereocenters. The second-order valence-corrected chi connectivity index (χ2v) is 6.63. The van der Waals surface area contributed by atoms with Gasteiger partial charge in [-0.05, 0) is 43.6 Å². The summed E-state index contributed by atoms with van der Waals surface area (Å²) in [7, 11) is 0. The van der Waals surface area contributed by atoms with Gasteiger partial charge in [-0.3, -0.25) is 4.79 Å². The van der Waals surface area contributed by atoms with E-state index in [1.54, 1.807) is 0 Å². The molecule has 0 aliphatic heterocycles. The number of hydrogen-bond acceptors (Lipinski definition) is 1. The minimum Gasteiger partial charge on any atom is -0.295 e. The van der Waals surface area contributed by atoms with Crippen LogP contribution in [0.1, 0.15) is 84.0 Å². The van der Waals surface area contributed by atoms with Crippen LogP contribution >= 0.6 is 0 Å². The van der Waals surface area contributed by atoms with Crippen LogP contribution in [0, 0.1) is 11.8 Å². The van der Waals surface area contributed by atoms with Crippen LogP contribution in [0.3, 0.4) is 0 Å². The van der Waals surface area contributed by atoms with Gasteiger partial charge in [0.25, 0.3) is 0 Å². The van der Waals surface area contributed by atoms with Crippen molar-refractivity contribution in [3.8, 4) is 0 Å². The Labute approximate surface area is 118 Å². The monoisotopic (exact) mass is 262 g/mol. The van der Waals surface area contributed by atoms with Gasteiger partial charge in [0.1, 0.15) is 0 Å². The van der Waals surface area contributed by atoms with E-state index in [2.05, 4.69) is 6.92 Å². The number of unbranched alkanes of at least 4 members (excludes halogenated alkanes) is 3. The van der Waals surface area contributed by atoms with E-state index >= 15 is 0 Å². The summed E-state index contributed by atoms with van der Waals surface area (Å²) < 4.78 is 0. The third-order valence-corrected chi connectivity index (χ3v) is 5.06. The van der Waals surface area contributed by atoms with Gasteiger partial charge in [-0.1, -0.05) is 57.4 Å². The lowest BCUT2D eigenvalue weighted by Crippen LogP contribution is -2.12. The van der Waals surface area contributed by atoms with Crippen LogP contribution in [0.4, 0.5) is 0 Å². The zero-order valence-electron chi connectivity index (χ0n) is 12.6. The fourth-order valence-corrected chi connectivity index (χ4v) is 3.96. The number of carbonyl (C=O) groups is 1. The van der Waals surface area contributed by atoms with Gasteiger partial charge >= 0.3 is 0 Å². The zero-order chi connectivity index (χ0) is 13.5. The van der Waals surface area contributed by atoms with E-state index in [4.69, 9.17) is 0 Å². The number of allylic oxidation sites excluding steroid dienone is 2. The van der Waals surface area contributed by atoms with Crippen LogP contribution in [0.15, 0.2) is 11.6 Å². The zero-order valence-corrected chi connectivity index (χ0v) is 12.6. The van der Waals surface area contributed by atoms with Crippen LogP contribution in [-0.4, -0.2) is 5.78 Å². The molecule has 2 rings (SSSR count). The summed E-state index contributed by atoms with van der Waals surface area (Å²) in [6, 6.07) is 0. The van der Waals surface area contributed by atoms with Crippen molar-refractivity contribution in [1.29, 1.82) is 0 Å². The van der Waals surface area contributed by atoms with E-state index in [0.717, 1.165) is 24.7 Å². The van der Waals surface area contributed by atoms with E-state index in [1.165, 1.54) is 69.8 Å². The molecular formula is C18H30O. The van der Waals surface area contributed by atoms with Gasteiger partial charge in [-0.2, -0.15) is 0 Å². The number of hydrogen-bond donors (Lipinski definition) is 0. The minimum atomic E-state index is 0.374. The van der Waals surface area contributed by atoms with Gasteiger partial charge in [0, 0.05) is 6.42 Å². The van der Waals surface area contributed by atoms with Gasteiger partial charge in [-0.15, -0.1) is 0 Å². The van der Waals surface area contributed by atoms with Gasteiger partial charge in [-0.25, -0.2) is 0 Å². The molecule has 1 nitrogen and oxygen atoms in total. The molecule has 0 aromatic carbocycles. The molecule has 0 N–H and O–H groups in total. The fourth-order valence-electron chi connectivity index (χ4n) is 3.96. The molecule has 0 saturated heterocycles. The Morgan fingerprint density at radius 2 is 1.89 bits per heavy atom. The van der Waals surface area contributed by atoms with Crippen molar-refractivity contribution >= 4 is 5.78 Å². The highest BCUT2D eigenvalue weighted by Gasteiger charge is 2.27. The van der Waals surface area contributed by atoms with E-state index in [0.29, 0.717) is 5.78 Å². The molecule has 0 heterocycles. The molecule has 1 saturated carbocycles. The lowest BCUT2D eigenvalue weighted by molar-refractivity contribution is -0.115. The van der Waals surface area contributed by atoms with Crippen LogP contribution in [-0.2, 0) is 4.79 Å². The Bertz CT molecular complexity index is 316. The number of ketones is 1. The first kappa shape index (κ1) is 14.8. The number of carbonyl (C=O) groups excluding carboxylic acids is 1. The van der Waals surface area contributed by atoms with Crippen molar-refractivity contribution < 1.29 is 4.79 Å². The summed E-state index contributed by atoms with van der Waals surface area (Å²) in [6.07, 6.45) is 17.5. The predicted molar refractivity (Wildman–Crippen MR) is 81.1 cm³/mol. The predicted octanol–water partition coefficient (Wildman–Crippen LogP) is 5.44. The van der Waals surface area contributed by atoms with Crippen molar-refractivity contribution in [3.05, 3.63) is 11.6 Å². The van der Waals surface area contributed by atoms with Crippen LogP contribution < -0.4 is 0 Å². The Kier molecular flexibility index (Phi) is 6.13. The minimum absolute atomic E-state index is 0.374. The van der Waals surface area contributed by atoms with Gasteiger partial charge in [0.2, 0.25) is 0 Å². The van der Waals surface area contributed by atoms with Crippen LogP contribution in [0.25, 0.3) is 0 Å². The quantitative estimate of drug-likeness (QED) is 0.558. The van der Waals surface area contributed by atoms with Gasteiger partial charge in [0.15, 0.2) is 5.78 Å². The molecule has 19 heavy (non-hydrogen) atoms. The highest BCUT2D eigenvalue weighted by molar-refractivity contribution is 5.91. The van der Waals surface area contributed by atoms with Crippen LogP contribution in [0.5, 0.6) is 0 Å². The Morgan fingerprint density at radius 3 is 2.68 bits per heavy atom. The maximum atomic E-state index is 11.5. The average molecular weight is 262 g/mol. The molecule has 0 radical (unpaired) electrons. The first-order chi connectivity index (χ1) is 9.29. The molecule has 0 aromatic rings.